The average molecular weight is 372 g/mol. The van der Waals surface area contributed by atoms with E-state index in [2.05, 4.69) is 10.1 Å². The number of aryl methyl sites for hydroxylation is 1. The quantitative estimate of drug-likeness (QED) is 0.553. The molecule has 0 amide bonds. The van der Waals surface area contributed by atoms with Crippen LogP contribution in [0.1, 0.15) is 42.7 Å². The maximum atomic E-state index is 9.16. The molecule has 7 nitrogen and oxygen atoms in total. The van der Waals surface area contributed by atoms with Crippen LogP contribution in [-0.4, -0.2) is 20.4 Å². The Morgan fingerprint density at radius 3 is 1.93 bits per heavy atom. The minimum absolute atomic E-state index is 0.207. The molecule has 7 heteroatoms. The first-order chi connectivity index (χ1) is 13.0. The van der Waals surface area contributed by atoms with Gasteiger partial charge in [0.2, 0.25) is 5.89 Å². The first-order valence-corrected chi connectivity index (χ1v) is 8.79. The summed E-state index contributed by atoms with van der Waals surface area (Å²) in [6, 6.07) is 13.6. The van der Waals surface area contributed by atoms with Gasteiger partial charge in [0.05, 0.1) is 12.6 Å². The van der Waals surface area contributed by atoms with Gasteiger partial charge in [-0.15, -0.1) is 0 Å². The van der Waals surface area contributed by atoms with E-state index in [1.807, 2.05) is 32.9 Å². The van der Waals surface area contributed by atoms with Crippen molar-refractivity contribution in [2.75, 3.05) is 0 Å². The lowest BCUT2D eigenvalue weighted by Gasteiger charge is -2.06. The van der Waals surface area contributed by atoms with Gasteiger partial charge in [0, 0.05) is 0 Å². The summed E-state index contributed by atoms with van der Waals surface area (Å²) in [5, 5.41) is 21.7. The van der Waals surface area contributed by atoms with Crippen LogP contribution in [0.2, 0.25) is 0 Å². The van der Waals surface area contributed by atoms with Gasteiger partial charge >= 0.3 is 0 Å². The standard InChI is InChI=1S/C11H14N4O2.C7H8O.C2H6/c12-6-10-14-11(15-17-10)9(13)5-7-1-3-8(16)4-2-7;1-6-2-4-7(8)5-3-6;1-2/h1-4,9,16H,5-6,12-13H2;2-5,8H,1H3;1-2H3. The Hall–Kier alpha value is -2.90. The summed E-state index contributed by atoms with van der Waals surface area (Å²) < 4.78 is 4.89. The molecule has 1 unspecified atom stereocenters. The predicted octanol–water partition coefficient (Wildman–Crippen LogP) is 3.20. The molecular formula is C20H28N4O3. The lowest BCUT2D eigenvalue weighted by molar-refractivity contribution is 0.371. The molecule has 0 saturated carbocycles. The zero-order valence-electron chi connectivity index (χ0n) is 16.0. The van der Waals surface area contributed by atoms with Crippen molar-refractivity contribution in [1.82, 2.24) is 10.1 Å². The number of nitrogens with two attached hydrogens (primary N) is 2. The molecule has 2 aromatic carbocycles. The number of phenols is 2. The molecule has 0 aliphatic rings. The van der Waals surface area contributed by atoms with Gasteiger partial charge in [0.1, 0.15) is 11.5 Å². The molecule has 0 fully saturated rings. The highest BCUT2D eigenvalue weighted by Gasteiger charge is 2.14. The summed E-state index contributed by atoms with van der Waals surface area (Å²) in [6.07, 6.45) is 0.573. The highest BCUT2D eigenvalue weighted by atomic mass is 16.5. The molecule has 0 spiro atoms. The van der Waals surface area contributed by atoms with E-state index in [1.54, 1.807) is 36.4 Å². The Morgan fingerprint density at radius 1 is 0.963 bits per heavy atom. The maximum absolute atomic E-state index is 9.16. The van der Waals surface area contributed by atoms with Gasteiger partial charge in [0.25, 0.3) is 0 Å². The minimum Gasteiger partial charge on any atom is -0.508 e. The van der Waals surface area contributed by atoms with Gasteiger partial charge in [-0.05, 0) is 43.2 Å². The summed E-state index contributed by atoms with van der Waals surface area (Å²) in [6.45, 7) is 6.19. The third-order valence-electron chi connectivity index (χ3n) is 3.42. The molecule has 0 aliphatic carbocycles. The SMILES string of the molecule is CC.Cc1ccc(O)cc1.NCc1nc(C(N)Cc2ccc(O)cc2)no1. The second-order valence-electron chi connectivity index (χ2n) is 5.56. The number of hydrogen-bond acceptors (Lipinski definition) is 7. The van der Waals surface area contributed by atoms with Crippen molar-refractivity contribution >= 4 is 0 Å². The van der Waals surface area contributed by atoms with Crippen LogP contribution in [0.4, 0.5) is 0 Å². The molecule has 3 rings (SSSR count). The van der Waals surface area contributed by atoms with Crippen molar-refractivity contribution in [1.29, 1.82) is 0 Å². The van der Waals surface area contributed by atoms with E-state index in [9.17, 15) is 0 Å². The smallest absolute Gasteiger partial charge is 0.240 e. The Bertz CT molecular complexity index is 750. The topological polar surface area (TPSA) is 131 Å². The Kier molecular flexibility index (Phi) is 9.57. The van der Waals surface area contributed by atoms with Crippen LogP contribution in [0.25, 0.3) is 0 Å². The largest absolute Gasteiger partial charge is 0.508 e. The third kappa shape index (κ3) is 7.89. The monoisotopic (exact) mass is 372 g/mol. The molecule has 0 aliphatic heterocycles. The predicted molar refractivity (Wildman–Crippen MR) is 105 cm³/mol. The van der Waals surface area contributed by atoms with Crippen LogP contribution in [0.3, 0.4) is 0 Å². The number of benzene rings is 2. The summed E-state index contributed by atoms with van der Waals surface area (Å²) in [5.74, 6) is 1.38. The van der Waals surface area contributed by atoms with Gasteiger partial charge in [-0.25, -0.2) is 0 Å². The summed E-state index contributed by atoms with van der Waals surface area (Å²) in [4.78, 5) is 4.07. The summed E-state index contributed by atoms with van der Waals surface area (Å²) in [5.41, 5.74) is 13.5. The highest BCUT2D eigenvalue weighted by molar-refractivity contribution is 5.27. The van der Waals surface area contributed by atoms with Crippen molar-refractivity contribution in [2.45, 2.75) is 39.8 Å². The minimum atomic E-state index is -0.344. The van der Waals surface area contributed by atoms with Crippen LogP contribution in [0.15, 0.2) is 53.1 Å². The molecule has 6 N–H and O–H groups in total. The second-order valence-corrected chi connectivity index (χ2v) is 5.56. The van der Waals surface area contributed by atoms with Crippen molar-refractivity contribution < 1.29 is 14.7 Å². The number of rotatable bonds is 4. The van der Waals surface area contributed by atoms with E-state index < -0.39 is 0 Å². The first kappa shape index (κ1) is 22.1. The van der Waals surface area contributed by atoms with E-state index in [1.165, 1.54) is 5.56 Å². The van der Waals surface area contributed by atoms with Crippen molar-refractivity contribution in [3.63, 3.8) is 0 Å². The maximum Gasteiger partial charge on any atom is 0.240 e. The van der Waals surface area contributed by atoms with Crippen molar-refractivity contribution in [3.8, 4) is 11.5 Å². The molecule has 0 saturated heterocycles. The highest BCUT2D eigenvalue weighted by Crippen LogP contribution is 2.16. The fourth-order valence-corrected chi connectivity index (χ4v) is 2.02. The van der Waals surface area contributed by atoms with E-state index in [-0.39, 0.29) is 18.3 Å². The number of nitrogens with zero attached hydrogens (tertiary/aromatic N) is 2. The Morgan fingerprint density at radius 2 is 1.48 bits per heavy atom. The van der Waals surface area contributed by atoms with E-state index in [4.69, 9.17) is 26.2 Å². The number of aromatic hydroxyl groups is 2. The average Bonchev–Trinajstić information content (AvgIpc) is 3.18. The third-order valence-corrected chi connectivity index (χ3v) is 3.42. The summed E-state index contributed by atoms with van der Waals surface area (Å²) >= 11 is 0. The molecule has 1 atom stereocenters. The van der Waals surface area contributed by atoms with Crippen molar-refractivity contribution in [2.24, 2.45) is 11.5 Å². The van der Waals surface area contributed by atoms with Gasteiger partial charge in [-0.1, -0.05) is 48.8 Å². The zero-order chi connectivity index (χ0) is 20.2. The molecule has 1 heterocycles. The Labute approximate surface area is 159 Å². The molecular weight excluding hydrogens is 344 g/mol. The van der Waals surface area contributed by atoms with Gasteiger partial charge in [-0.2, -0.15) is 4.98 Å². The summed E-state index contributed by atoms with van der Waals surface area (Å²) in [7, 11) is 0. The molecule has 1 aromatic heterocycles. The van der Waals surface area contributed by atoms with Crippen molar-refractivity contribution in [3.05, 3.63) is 71.4 Å². The molecule has 27 heavy (non-hydrogen) atoms. The van der Waals surface area contributed by atoms with Crippen LogP contribution >= 0.6 is 0 Å². The lowest BCUT2D eigenvalue weighted by Crippen LogP contribution is -2.15. The fourth-order valence-electron chi connectivity index (χ4n) is 2.02. The van der Waals surface area contributed by atoms with E-state index >= 15 is 0 Å². The van der Waals surface area contributed by atoms with E-state index in [0.717, 1.165) is 5.56 Å². The fraction of sp³-hybridized carbons (Fsp3) is 0.300. The van der Waals surface area contributed by atoms with Crippen LogP contribution < -0.4 is 11.5 Å². The van der Waals surface area contributed by atoms with Crippen LogP contribution in [0, 0.1) is 6.92 Å². The van der Waals surface area contributed by atoms with Gasteiger partial charge < -0.3 is 26.2 Å². The molecule has 0 bridgehead atoms. The number of phenolic OH excluding ortho intramolecular Hbond substituents is 2. The second kappa shape index (κ2) is 11.7. The Balaban J connectivity index is 0.000000305. The zero-order valence-corrected chi connectivity index (χ0v) is 16.0. The van der Waals surface area contributed by atoms with Crippen LogP contribution in [0.5, 0.6) is 11.5 Å². The lowest BCUT2D eigenvalue weighted by atomic mass is 10.1. The molecule has 3 aromatic rings. The molecule has 146 valence electrons. The van der Waals surface area contributed by atoms with Crippen LogP contribution in [-0.2, 0) is 13.0 Å². The molecule has 0 radical (unpaired) electrons. The first-order valence-electron chi connectivity index (χ1n) is 8.79. The number of hydrogen-bond donors (Lipinski definition) is 4. The van der Waals surface area contributed by atoms with Gasteiger partial charge in [-0.3, -0.25) is 0 Å². The van der Waals surface area contributed by atoms with E-state index in [0.29, 0.717) is 23.9 Å². The number of aromatic nitrogens is 2. The normalized spacial score (nSPS) is 10.9. The van der Waals surface area contributed by atoms with Gasteiger partial charge in [0.15, 0.2) is 5.82 Å².